The maximum Gasteiger partial charge on any atom is 0.244 e. The molecule has 3 heterocycles. The largest absolute Gasteiger partial charge is 0.361 e. The van der Waals surface area contributed by atoms with Crippen LogP contribution in [0.3, 0.4) is 0 Å². The normalized spacial score (nSPS) is 11.6. The minimum absolute atomic E-state index is 0.220. The number of amides is 1. The Morgan fingerprint density at radius 3 is 3.11 bits per heavy atom. The summed E-state index contributed by atoms with van der Waals surface area (Å²) in [4.78, 5) is 19.4. The predicted molar refractivity (Wildman–Crippen MR) is 104 cm³/mol. The standard InChI is InChI=1S/C20H16ClFN4O/c21-20-17(26-10-2-1-3-18(26)25-20)6-7-19(27)23-9-8-13-12-24-16-11-14(22)4-5-15(13)16/h1-7,10-12,24H,8-9H2,(H,23,27)/b7-6-. The summed E-state index contributed by atoms with van der Waals surface area (Å²) in [5, 5.41) is 4.14. The van der Waals surface area contributed by atoms with Gasteiger partial charge in [-0.1, -0.05) is 17.7 Å². The minimum Gasteiger partial charge on any atom is -0.361 e. The number of pyridine rings is 1. The van der Waals surface area contributed by atoms with Crippen LogP contribution in [-0.4, -0.2) is 26.8 Å². The van der Waals surface area contributed by atoms with Crippen LogP contribution in [0.25, 0.3) is 22.6 Å². The first kappa shape index (κ1) is 17.3. The molecular weight excluding hydrogens is 367 g/mol. The van der Waals surface area contributed by atoms with Crippen molar-refractivity contribution in [1.29, 1.82) is 0 Å². The maximum atomic E-state index is 13.2. The van der Waals surface area contributed by atoms with Gasteiger partial charge < -0.3 is 10.3 Å². The number of fused-ring (bicyclic) bond motifs is 2. The molecule has 0 aliphatic heterocycles. The first-order chi connectivity index (χ1) is 13.1. The molecule has 5 nitrogen and oxygen atoms in total. The predicted octanol–water partition coefficient (Wildman–Crippen LogP) is 3.98. The van der Waals surface area contributed by atoms with E-state index >= 15 is 0 Å². The summed E-state index contributed by atoms with van der Waals surface area (Å²) in [6.07, 6.45) is 7.40. The number of hydrogen-bond donors (Lipinski definition) is 2. The highest BCUT2D eigenvalue weighted by Gasteiger charge is 2.08. The number of carbonyl (C=O) groups excluding carboxylic acids is 1. The molecule has 2 N–H and O–H groups in total. The molecule has 0 saturated carbocycles. The molecule has 4 aromatic rings. The van der Waals surface area contributed by atoms with Crippen molar-refractivity contribution >= 4 is 40.1 Å². The van der Waals surface area contributed by atoms with E-state index in [0.29, 0.717) is 23.8 Å². The number of nitrogens with one attached hydrogen (secondary N) is 2. The van der Waals surface area contributed by atoms with Crippen LogP contribution in [0.2, 0.25) is 5.15 Å². The van der Waals surface area contributed by atoms with Gasteiger partial charge in [0.25, 0.3) is 0 Å². The molecule has 0 aliphatic carbocycles. The molecule has 27 heavy (non-hydrogen) atoms. The number of halogens is 2. The molecular formula is C20H16ClFN4O. The number of nitrogens with zero attached hydrogens (tertiary/aromatic N) is 2. The number of benzene rings is 1. The summed E-state index contributed by atoms with van der Waals surface area (Å²) in [5.41, 5.74) is 3.15. The van der Waals surface area contributed by atoms with Gasteiger partial charge in [-0.25, -0.2) is 9.37 Å². The smallest absolute Gasteiger partial charge is 0.244 e. The molecule has 0 spiro atoms. The Hall–Kier alpha value is -3.12. The first-order valence-electron chi connectivity index (χ1n) is 8.46. The number of rotatable bonds is 5. The number of aromatic nitrogens is 3. The zero-order chi connectivity index (χ0) is 18.8. The molecule has 0 fully saturated rings. The van der Waals surface area contributed by atoms with E-state index < -0.39 is 0 Å². The average molecular weight is 383 g/mol. The van der Waals surface area contributed by atoms with Crippen molar-refractivity contribution in [2.45, 2.75) is 6.42 Å². The Bertz CT molecular complexity index is 1160. The lowest BCUT2D eigenvalue weighted by Crippen LogP contribution is -2.23. The fourth-order valence-corrected chi connectivity index (χ4v) is 3.28. The molecule has 7 heteroatoms. The van der Waals surface area contributed by atoms with Gasteiger partial charge in [-0.3, -0.25) is 9.20 Å². The van der Waals surface area contributed by atoms with Crippen LogP contribution in [0.4, 0.5) is 4.39 Å². The lowest BCUT2D eigenvalue weighted by molar-refractivity contribution is -0.116. The molecule has 1 aromatic carbocycles. The molecule has 3 aromatic heterocycles. The van der Waals surface area contributed by atoms with Gasteiger partial charge in [-0.15, -0.1) is 0 Å². The molecule has 136 valence electrons. The van der Waals surface area contributed by atoms with Crippen molar-refractivity contribution < 1.29 is 9.18 Å². The summed E-state index contributed by atoms with van der Waals surface area (Å²) in [5.74, 6) is -0.497. The van der Waals surface area contributed by atoms with Gasteiger partial charge in [0.1, 0.15) is 11.5 Å². The van der Waals surface area contributed by atoms with E-state index in [1.54, 1.807) is 12.1 Å². The monoisotopic (exact) mass is 382 g/mol. The van der Waals surface area contributed by atoms with E-state index in [0.717, 1.165) is 22.1 Å². The van der Waals surface area contributed by atoms with Crippen molar-refractivity contribution in [1.82, 2.24) is 19.7 Å². The lowest BCUT2D eigenvalue weighted by atomic mass is 10.1. The highest BCUT2D eigenvalue weighted by atomic mass is 35.5. The molecule has 1 amide bonds. The van der Waals surface area contributed by atoms with Gasteiger partial charge in [0.05, 0.1) is 5.69 Å². The Morgan fingerprint density at radius 2 is 2.22 bits per heavy atom. The molecule has 0 aliphatic rings. The number of hydrogen-bond acceptors (Lipinski definition) is 2. The van der Waals surface area contributed by atoms with Gasteiger partial charge in [0, 0.05) is 35.9 Å². The second-order valence-electron chi connectivity index (χ2n) is 6.09. The van der Waals surface area contributed by atoms with Gasteiger partial charge in [0.2, 0.25) is 5.91 Å². The Morgan fingerprint density at radius 1 is 1.33 bits per heavy atom. The Kier molecular flexibility index (Phi) is 4.64. The van der Waals surface area contributed by atoms with Crippen molar-refractivity contribution in [3.8, 4) is 0 Å². The zero-order valence-electron chi connectivity index (χ0n) is 14.2. The van der Waals surface area contributed by atoms with Crippen LogP contribution >= 0.6 is 11.6 Å². The lowest BCUT2D eigenvalue weighted by Gasteiger charge is -2.02. The quantitative estimate of drug-likeness (QED) is 0.513. The Balaban J connectivity index is 1.39. The van der Waals surface area contributed by atoms with E-state index in [9.17, 15) is 9.18 Å². The molecule has 4 rings (SSSR count). The van der Waals surface area contributed by atoms with Gasteiger partial charge in [-0.2, -0.15) is 0 Å². The second-order valence-corrected chi connectivity index (χ2v) is 6.45. The average Bonchev–Trinajstić information content (AvgIpc) is 3.19. The van der Waals surface area contributed by atoms with Crippen molar-refractivity contribution in [2.75, 3.05) is 6.54 Å². The van der Waals surface area contributed by atoms with Crippen LogP contribution in [0.15, 0.2) is 54.9 Å². The molecule has 0 radical (unpaired) electrons. The summed E-state index contributed by atoms with van der Waals surface area (Å²) in [6, 6.07) is 10.2. The molecule has 0 saturated heterocycles. The van der Waals surface area contributed by atoms with Crippen LogP contribution in [0.5, 0.6) is 0 Å². The van der Waals surface area contributed by atoms with Crippen LogP contribution < -0.4 is 5.32 Å². The highest BCUT2D eigenvalue weighted by Crippen LogP contribution is 2.20. The number of carbonyl (C=O) groups is 1. The topological polar surface area (TPSA) is 62.2 Å². The van der Waals surface area contributed by atoms with Crippen LogP contribution in [0.1, 0.15) is 11.3 Å². The van der Waals surface area contributed by atoms with E-state index in [4.69, 9.17) is 11.6 Å². The van der Waals surface area contributed by atoms with Gasteiger partial charge >= 0.3 is 0 Å². The SMILES string of the molecule is O=C(/C=C\c1c(Cl)nc2ccccn12)NCCc1c[nH]c2cc(F)ccc12. The van der Waals surface area contributed by atoms with Gasteiger partial charge in [-0.05, 0) is 48.4 Å². The van der Waals surface area contributed by atoms with E-state index in [1.807, 2.05) is 35.0 Å². The maximum absolute atomic E-state index is 13.2. The second kappa shape index (κ2) is 7.25. The van der Waals surface area contributed by atoms with Crippen molar-refractivity contribution in [3.05, 3.63) is 77.1 Å². The van der Waals surface area contributed by atoms with Gasteiger partial charge in [0.15, 0.2) is 5.15 Å². The number of aromatic amines is 1. The molecule has 0 atom stereocenters. The number of imidazole rings is 1. The van der Waals surface area contributed by atoms with E-state index in [-0.39, 0.29) is 11.7 Å². The number of H-pyrrole nitrogens is 1. The van der Waals surface area contributed by atoms with E-state index in [1.165, 1.54) is 18.2 Å². The zero-order valence-corrected chi connectivity index (χ0v) is 15.0. The van der Waals surface area contributed by atoms with Crippen molar-refractivity contribution in [3.63, 3.8) is 0 Å². The van der Waals surface area contributed by atoms with E-state index in [2.05, 4.69) is 15.3 Å². The third-order valence-electron chi connectivity index (χ3n) is 4.34. The summed E-state index contributed by atoms with van der Waals surface area (Å²) >= 11 is 6.14. The van der Waals surface area contributed by atoms with Crippen LogP contribution in [-0.2, 0) is 11.2 Å². The summed E-state index contributed by atoms with van der Waals surface area (Å²) in [6.45, 7) is 0.467. The summed E-state index contributed by atoms with van der Waals surface area (Å²) < 4.78 is 15.0. The highest BCUT2D eigenvalue weighted by molar-refractivity contribution is 6.31. The first-order valence-corrected chi connectivity index (χ1v) is 8.83. The fraction of sp³-hybridized carbons (Fsp3) is 0.100. The third-order valence-corrected chi connectivity index (χ3v) is 4.62. The fourth-order valence-electron chi connectivity index (χ4n) is 3.03. The third kappa shape index (κ3) is 3.57. The van der Waals surface area contributed by atoms with Crippen LogP contribution in [0, 0.1) is 5.82 Å². The Labute approximate surface area is 159 Å². The summed E-state index contributed by atoms with van der Waals surface area (Å²) in [7, 11) is 0. The minimum atomic E-state index is -0.277. The molecule has 0 bridgehead atoms. The van der Waals surface area contributed by atoms with Crippen molar-refractivity contribution in [2.24, 2.45) is 0 Å². The molecule has 0 unspecified atom stereocenters.